The quantitative estimate of drug-likeness (QED) is 0.636. The van der Waals surface area contributed by atoms with Crippen molar-refractivity contribution in [2.45, 2.75) is 32.0 Å². The molecule has 0 aromatic rings. The molecule has 1 heterocycles. The number of methoxy groups -OCH3 is 1. The second kappa shape index (κ2) is 8.58. The van der Waals surface area contributed by atoms with E-state index in [0.717, 1.165) is 32.2 Å². The molecule has 18 heavy (non-hydrogen) atoms. The number of likely N-dealkylation sites (tertiary alicyclic amines) is 1. The number of aliphatic hydroxyl groups is 1. The Bertz CT molecular complexity index is 229. The van der Waals surface area contributed by atoms with E-state index >= 15 is 0 Å². The Morgan fingerprint density at radius 3 is 2.61 bits per heavy atom. The molecule has 106 valence electrons. The first-order valence-corrected chi connectivity index (χ1v) is 6.62. The molecule has 0 amide bonds. The number of hydrogen-bond donors (Lipinski definition) is 1. The molecule has 0 bridgehead atoms. The van der Waals surface area contributed by atoms with E-state index in [4.69, 9.17) is 9.47 Å². The molecule has 0 saturated carbocycles. The van der Waals surface area contributed by atoms with E-state index in [2.05, 4.69) is 4.90 Å². The molecule has 0 aromatic heterocycles. The predicted octanol–water partition coefficient (Wildman–Crippen LogP) is 0.310. The molecule has 0 radical (unpaired) electrons. The van der Waals surface area contributed by atoms with Gasteiger partial charge in [0.1, 0.15) is 6.29 Å². The predicted molar refractivity (Wildman–Crippen MR) is 68.5 cm³/mol. The van der Waals surface area contributed by atoms with Gasteiger partial charge in [0.15, 0.2) is 0 Å². The molecule has 1 aliphatic heterocycles. The van der Waals surface area contributed by atoms with Gasteiger partial charge in [0.2, 0.25) is 0 Å². The van der Waals surface area contributed by atoms with Gasteiger partial charge in [-0.25, -0.2) is 0 Å². The smallest absolute Gasteiger partial charge is 0.123 e. The second-order valence-electron chi connectivity index (χ2n) is 5.03. The van der Waals surface area contributed by atoms with Gasteiger partial charge in [0.05, 0.1) is 25.4 Å². The number of hydrogen-bond acceptors (Lipinski definition) is 5. The summed E-state index contributed by atoms with van der Waals surface area (Å²) < 4.78 is 10.4. The molecule has 0 aliphatic carbocycles. The topological polar surface area (TPSA) is 59.0 Å². The molecule has 5 nitrogen and oxygen atoms in total. The molecular formula is C13H25NO4. The molecule has 0 spiro atoms. The Morgan fingerprint density at radius 2 is 2.06 bits per heavy atom. The standard InChI is InChI=1S/C13H25NO4/c1-11(9-17-2)18-10-13(16)7-14-5-3-12(8-15)4-6-14/h8,11-13,16H,3-7,9-10H2,1-2H3. The van der Waals surface area contributed by atoms with Gasteiger partial charge in [-0.15, -0.1) is 0 Å². The summed E-state index contributed by atoms with van der Waals surface area (Å²) in [5.74, 6) is 0.205. The summed E-state index contributed by atoms with van der Waals surface area (Å²) in [5, 5.41) is 9.86. The van der Waals surface area contributed by atoms with Crippen LogP contribution in [0.2, 0.25) is 0 Å². The highest BCUT2D eigenvalue weighted by molar-refractivity contribution is 5.53. The van der Waals surface area contributed by atoms with E-state index in [1.807, 2.05) is 6.92 Å². The molecule has 1 fully saturated rings. The van der Waals surface area contributed by atoms with Crippen molar-refractivity contribution in [3.63, 3.8) is 0 Å². The summed E-state index contributed by atoms with van der Waals surface area (Å²) in [6.45, 7) is 5.18. The number of piperidine rings is 1. The fourth-order valence-corrected chi connectivity index (χ4v) is 2.18. The molecule has 5 heteroatoms. The third-order valence-corrected chi connectivity index (χ3v) is 3.27. The van der Waals surface area contributed by atoms with Gasteiger partial charge in [-0.05, 0) is 32.9 Å². The Hall–Kier alpha value is -0.490. The summed E-state index contributed by atoms with van der Waals surface area (Å²) in [7, 11) is 1.63. The molecule has 2 atom stereocenters. The fourth-order valence-electron chi connectivity index (χ4n) is 2.18. The summed E-state index contributed by atoms with van der Waals surface area (Å²) in [4.78, 5) is 12.8. The van der Waals surface area contributed by atoms with Crippen LogP contribution in [0, 0.1) is 5.92 Å². The molecule has 2 unspecified atom stereocenters. The van der Waals surface area contributed by atoms with Gasteiger partial charge in [0.25, 0.3) is 0 Å². The Balaban J connectivity index is 2.12. The zero-order chi connectivity index (χ0) is 13.4. The first kappa shape index (κ1) is 15.6. The third kappa shape index (κ3) is 5.91. The van der Waals surface area contributed by atoms with E-state index < -0.39 is 6.10 Å². The monoisotopic (exact) mass is 259 g/mol. The first-order chi connectivity index (χ1) is 8.65. The maximum atomic E-state index is 10.6. The zero-order valence-corrected chi connectivity index (χ0v) is 11.4. The van der Waals surface area contributed by atoms with Crippen LogP contribution in [0.5, 0.6) is 0 Å². The first-order valence-electron chi connectivity index (χ1n) is 6.62. The van der Waals surface area contributed by atoms with E-state index in [1.54, 1.807) is 7.11 Å². The molecule has 0 aromatic carbocycles. The highest BCUT2D eigenvalue weighted by Gasteiger charge is 2.20. The fraction of sp³-hybridized carbons (Fsp3) is 0.923. The lowest BCUT2D eigenvalue weighted by molar-refractivity contribution is -0.112. The summed E-state index contributed by atoms with van der Waals surface area (Å²) >= 11 is 0. The van der Waals surface area contributed by atoms with Crippen LogP contribution in [0.25, 0.3) is 0 Å². The minimum Gasteiger partial charge on any atom is -0.389 e. The normalized spacial score (nSPS) is 21.7. The minimum absolute atomic E-state index is 0.00505. The SMILES string of the molecule is COCC(C)OCC(O)CN1CCC(C=O)CC1. The van der Waals surface area contributed by atoms with E-state index in [1.165, 1.54) is 0 Å². The molecule has 1 rings (SSSR count). The number of carbonyl (C=O) groups is 1. The van der Waals surface area contributed by atoms with Crippen LogP contribution in [0.1, 0.15) is 19.8 Å². The Kier molecular flexibility index (Phi) is 7.42. The van der Waals surface area contributed by atoms with Gasteiger partial charge >= 0.3 is 0 Å². The summed E-state index contributed by atoms with van der Waals surface area (Å²) in [5.41, 5.74) is 0. The minimum atomic E-state index is -0.475. The molecule has 1 saturated heterocycles. The number of ether oxygens (including phenoxy) is 2. The van der Waals surface area contributed by atoms with E-state index in [-0.39, 0.29) is 12.0 Å². The largest absolute Gasteiger partial charge is 0.389 e. The van der Waals surface area contributed by atoms with Crippen molar-refractivity contribution in [1.29, 1.82) is 0 Å². The third-order valence-electron chi connectivity index (χ3n) is 3.27. The number of aldehydes is 1. The second-order valence-corrected chi connectivity index (χ2v) is 5.03. The van der Waals surface area contributed by atoms with Crippen molar-refractivity contribution in [3.8, 4) is 0 Å². The van der Waals surface area contributed by atoms with E-state index in [0.29, 0.717) is 19.8 Å². The van der Waals surface area contributed by atoms with Crippen LogP contribution in [0.15, 0.2) is 0 Å². The number of aliphatic hydroxyl groups excluding tert-OH is 1. The molecule has 1 N–H and O–H groups in total. The Morgan fingerprint density at radius 1 is 1.39 bits per heavy atom. The lowest BCUT2D eigenvalue weighted by Crippen LogP contribution is -2.41. The number of rotatable bonds is 8. The summed E-state index contributed by atoms with van der Waals surface area (Å²) in [6, 6.07) is 0. The highest BCUT2D eigenvalue weighted by atomic mass is 16.5. The van der Waals surface area contributed by atoms with Gasteiger partial charge in [0, 0.05) is 19.6 Å². The maximum absolute atomic E-state index is 10.6. The van der Waals surface area contributed by atoms with Crippen LogP contribution in [-0.4, -0.2) is 68.5 Å². The molecule has 1 aliphatic rings. The van der Waals surface area contributed by atoms with Crippen molar-refractivity contribution in [2.75, 3.05) is 40.0 Å². The molecular weight excluding hydrogens is 234 g/mol. The van der Waals surface area contributed by atoms with Gasteiger partial charge in [-0.1, -0.05) is 0 Å². The average Bonchev–Trinajstić information content (AvgIpc) is 2.38. The van der Waals surface area contributed by atoms with Gasteiger partial charge in [-0.3, -0.25) is 0 Å². The van der Waals surface area contributed by atoms with Crippen molar-refractivity contribution < 1.29 is 19.4 Å². The van der Waals surface area contributed by atoms with Crippen molar-refractivity contribution in [2.24, 2.45) is 5.92 Å². The van der Waals surface area contributed by atoms with Crippen molar-refractivity contribution in [1.82, 2.24) is 4.90 Å². The van der Waals surface area contributed by atoms with Crippen molar-refractivity contribution in [3.05, 3.63) is 0 Å². The van der Waals surface area contributed by atoms with E-state index in [9.17, 15) is 9.90 Å². The maximum Gasteiger partial charge on any atom is 0.123 e. The van der Waals surface area contributed by atoms with Crippen LogP contribution in [-0.2, 0) is 14.3 Å². The highest BCUT2D eigenvalue weighted by Crippen LogP contribution is 2.14. The lowest BCUT2D eigenvalue weighted by Gasteiger charge is -2.31. The zero-order valence-electron chi connectivity index (χ0n) is 11.4. The van der Waals surface area contributed by atoms with Crippen LogP contribution < -0.4 is 0 Å². The van der Waals surface area contributed by atoms with Crippen LogP contribution >= 0.6 is 0 Å². The number of carbonyl (C=O) groups excluding carboxylic acids is 1. The van der Waals surface area contributed by atoms with Crippen LogP contribution in [0.3, 0.4) is 0 Å². The Labute approximate surface area is 109 Å². The number of nitrogens with zero attached hydrogens (tertiary/aromatic N) is 1. The van der Waals surface area contributed by atoms with Crippen LogP contribution in [0.4, 0.5) is 0 Å². The van der Waals surface area contributed by atoms with Gasteiger partial charge in [-0.2, -0.15) is 0 Å². The van der Waals surface area contributed by atoms with Crippen molar-refractivity contribution >= 4 is 6.29 Å². The average molecular weight is 259 g/mol. The number of β-amino-alcohol motifs (C(OH)–C–C–N with tert-alkyl or cyclic N) is 1. The van der Waals surface area contributed by atoms with Gasteiger partial charge < -0.3 is 24.3 Å². The summed E-state index contributed by atoms with van der Waals surface area (Å²) in [6.07, 6.45) is 2.37. The lowest BCUT2D eigenvalue weighted by atomic mass is 9.98.